The minimum absolute atomic E-state index is 0.141. The lowest BCUT2D eigenvalue weighted by Crippen LogP contribution is -2.38. The number of nitriles is 1. The summed E-state index contributed by atoms with van der Waals surface area (Å²) in [5.74, 6) is -1.42. The highest BCUT2D eigenvalue weighted by molar-refractivity contribution is 6.35. The molecule has 7 nitrogen and oxygen atoms in total. The molecular weight excluding hydrogens is 294 g/mol. The summed E-state index contributed by atoms with van der Waals surface area (Å²) in [5.41, 5.74) is 3.99. The van der Waals surface area contributed by atoms with E-state index < -0.39 is 11.8 Å². The molecule has 2 rings (SSSR count). The first-order chi connectivity index (χ1) is 11.1. The van der Waals surface area contributed by atoms with Gasteiger partial charge in [-0.3, -0.25) is 9.59 Å². The second-order valence-corrected chi connectivity index (χ2v) is 5.37. The molecule has 23 heavy (non-hydrogen) atoms. The van der Waals surface area contributed by atoms with Crippen molar-refractivity contribution in [3.8, 4) is 6.07 Å². The quantitative estimate of drug-likeness (QED) is 0.460. The second kappa shape index (κ2) is 7.94. The molecule has 0 aliphatic heterocycles. The van der Waals surface area contributed by atoms with Crippen molar-refractivity contribution in [2.75, 3.05) is 18.5 Å². The third kappa shape index (κ3) is 5.43. The van der Waals surface area contributed by atoms with Gasteiger partial charge < -0.3 is 10.2 Å². The van der Waals surface area contributed by atoms with Gasteiger partial charge in [0.1, 0.15) is 0 Å². The fraction of sp³-hybridized carbons (Fsp3) is 0.375. The number of hydrogen-bond donors (Lipinski definition) is 2. The van der Waals surface area contributed by atoms with E-state index in [-0.39, 0.29) is 6.04 Å². The fourth-order valence-electron chi connectivity index (χ4n) is 1.86. The van der Waals surface area contributed by atoms with Crippen LogP contribution in [0.1, 0.15) is 24.8 Å². The molecule has 2 N–H and O–H groups in total. The Morgan fingerprint density at radius 2 is 2.04 bits per heavy atom. The first kappa shape index (κ1) is 16.5. The maximum absolute atomic E-state index is 11.5. The molecule has 1 aliphatic carbocycles. The normalized spacial score (nSPS) is 13.4. The Morgan fingerprint density at radius 3 is 2.65 bits per heavy atom. The molecule has 0 spiro atoms. The molecule has 0 radical (unpaired) electrons. The Morgan fingerprint density at radius 1 is 1.35 bits per heavy atom. The number of amides is 2. The monoisotopic (exact) mass is 313 g/mol. The minimum Gasteiger partial charge on any atom is -0.374 e. The molecule has 1 aromatic rings. The summed E-state index contributed by atoms with van der Waals surface area (Å²) in [6.45, 7) is 0.663. The molecule has 1 fully saturated rings. The van der Waals surface area contributed by atoms with Crippen LogP contribution in [0.5, 0.6) is 0 Å². The molecule has 1 saturated carbocycles. The third-order valence-corrected chi connectivity index (χ3v) is 3.39. The van der Waals surface area contributed by atoms with Crippen molar-refractivity contribution >= 4 is 23.7 Å². The Kier molecular flexibility index (Phi) is 5.69. The van der Waals surface area contributed by atoms with Crippen molar-refractivity contribution < 1.29 is 9.59 Å². The Labute approximate surface area is 135 Å². The molecule has 7 heteroatoms. The van der Waals surface area contributed by atoms with E-state index in [1.807, 2.05) is 36.2 Å². The van der Waals surface area contributed by atoms with Crippen LogP contribution in [0.4, 0.5) is 5.69 Å². The standard InChI is InChI=1S/C16H19N5O2/c1-21(10-2-9-17)14-7-3-12(4-8-14)11-18-20-16(23)15(22)19-13-5-6-13/h3-4,7-8,11,13H,2,5-6,10H2,1H3,(H,19,22)(H,20,23)/b18-11-. The van der Waals surface area contributed by atoms with Crippen molar-refractivity contribution in [3.63, 3.8) is 0 Å². The van der Waals surface area contributed by atoms with Crippen LogP contribution in [0.15, 0.2) is 29.4 Å². The number of nitrogens with zero attached hydrogens (tertiary/aromatic N) is 3. The number of hydrazone groups is 1. The van der Waals surface area contributed by atoms with Crippen molar-refractivity contribution in [1.82, 2.24) is 10.7 Å². The molecular formula is C16H19N5O2. The molecule has 0 aromatic heterocycles. The highest BCUT2D eigenvalue weighted by Gasteiger charge is 2.26. The van der Waals surface area contributed by atoms with Gasteiger partial charge in [-0.25, -0.2) is 5.43 Å². The van der Waals surface area contributed by atoms with Gasteiger partial charge in [0.05, 0.1) is 18.7 Å². The van der Waals surface area contributed by atoms with Crippen molar-refractivity contribution in [2.24, 2.45) is 5.10 Å². The van der Waals surface area contributed by atoms with Gasteiger partial charge in [-0.15, -0.1) is 0 Å². The molecule has 0 bridgehead atoms. The van der Waals surface area contributed by atoms with E-state index in [9.17, 15) is 9.59 Å². The summed E-state index contributed by atoms with van der Waals surface area (Å²) in [6.07, 6.45) is 3.80. The van der Waals surface area contributed by atoms with E-state index in [1.54, 1.807) is 0 Å². The van der Waals surface area contributed by atoms with Gasteiger partial charge in [-0.1, -0.05) is 12.1 Å². The van der Waals surface area contributed by atoms with E-state index in [1.165, 1.54) is 6.21 Å². The van der Waals surface area contributed by atoms with E-state index in [2.05, 4.69) is 21.9 Å². The summed E-state index contributed by atoms with van der Waals surface area (Å²) < 4.78 is 0. The third-order valence-electron chi connectivity index (χ3n) is 3.39. The molecule has 0 heterocycles. The van der Waals surface area contributed by atoms with Crippen molar-refractivity contribution in [1.29, 1.82) is 5.26 Å². The van der Waals surface area contributed by atoms with E-state index >= 15 is 0 Å². The predicted molar refractivity (Wildman–Crippen MR) is 86.8 cm³/mol. The summed E-state index contributed by atoms with van der Waals surface area (Å²) >= 11 is 0. The van der Waals surface area contributed by atoms with Crippen LogP contribution in [-0.2, 0) is 9.59 Å². The lowest BCUT2D eigenvalue weighted by molar-refractivity contribution is -0.139. The van der Waals surface area contributed by atoms with Gasteiger partial charge in [0.2, 0.25) is 0 Å². The highest BCUT2D eigenvalue weighted by Crippen LogP contribution is 2.18. The maximum Gasteiger partial charge on any atom is 0.329 e. The average molecular weight is 313 g/mol. The summed E-state index contributed by atoms with van der Waals surface area (Å²) in [4.78, 5) is 24.9. The van der Waals surface area contributed by atoms with Gasteiger partial charge in [-0.2, -0.15) is 10.4 Å². The summed E-state index contributed by atoms with van der Waals surface area (Å²) in [6, 6.07) is 9.75. The van der Waals surface area contributed by atoms with Crippen LogP contribution in [0, 0.1) is 11.3 Å². The molecule has 0 atom stereocenters. The first-order valence-corrected chi connectivity index (χ1v) is 7.42. The van der Waals surface area contributed by atoms with Gasteiger partial charge >= 0.3 is 11.8 Å². The SMILES string of the molecule is CN(CCC#N)c1ccc(/C=N\NC(=O)C(=O)NC2CC2)cc1. The van der Waals surface area contributed by atoms with Crippen LogP contribution in [-0.4, -0.2) is 37.7 Å². The van der Waals surface area contributed by atoms with E-state index in [0.29, 0.717) is 13.0 Å². The van der Waals surface area contributed by atoms with Gasteiger partial charge in [0.25, 0.3) is 0 Å². The van der Waals surface area contributed by atoms with Crippen LogP contribution in [0.25, 0.3) is 0 Å². The minimum atomic E-state index is -0.763. The number of carbonyl (C=O) groups is 2. The molecule has 0 unspecified atom stereocenters. The molecule has 0 saturated heterocycles. The van der Waals surface area contributed by atoms with Crippen LogP contribution >= 0.6 is 0 Å². The summed E-state index contributed by atoms with van der Waals surface area (Å²) in [5, 5.41) is 14.9. The number of anilines is 1. The van der Waals surface area contributed by atoms with Crippen LogP contribution < -0.4 is 15.6 Å². The number of rotatable bonds is 6. The molecule has 1 aromatic carbocycles. The molecule has 120 valence electrons. The van der Waals surface area contributed by atoms with E-state index in [0.717, 1.165) is 24.1 Å². The lowest BCUT2D eigenvalue weighted by Gasteiger charge is -2.17. The Balaban J connectivity index is 1.81. The lowest BCUT2D eigenvalue weighted by atomic mass is 10.2. The fourth-order valence-corrected chi connectivity index (χ4v) is 1.86. The maximum atomic E-state index is 11.5. The van der Waals surface area contributed by atoms with Gasteiger partial charge in [-0.05, 0) is 30.5 Å². The number of nitrogens with one attached hydrogen (secondary N) is 2. The molecule has 2 amide bonds. The predicted octanol–water partition coefficient (Wildman–Crippen LogP) is 0.765. The van der Waals surface area contributed by atoms with Crippen molar-refractivity contribution in [2.45, 2.75) is 25.3 Å². The zero-order valence-electron chi connectivity index (χ0n) is 13.0. The zero-order chi connectivity index (χ0) is 16.7. The number of carbonyl (C=O) groups excluding carboxylic acids is 2. The largest absolute Gasteiger partial charge is 0.374 e. The number of benzene rings is 1. The van der Waals surface area contributed by atoms with Crippen LogP contribution in [0.2, 0.25) is 0 Å². The molecule has 1 aliphatic rings. The summed E-state index contributed by atoms with van der Waals surface area (Å²) in [7, 11) is 1.92. The topological polar surface area (TPSA) is 97.6 Å². The van der Waals surface area contributed by atoms with Gasteiger partial charge in [0.15, 0.2) is 0 Å². The van der Waals surface area contributed by atoms with Crippen LogP contribution in [0.3, 0.4) is 0 Å². The smallest absolute Gasteiger partial charge is 0.329 e. The Hall–Kier alpha value is -2.88. The van der Waals surface area contributed by atoms with E-state index in [4.69, 9.17) is 5.26 Å². The average Bonchev–Trinajstić information content (AvgIpc) is 3.37. The van der Waals surface area contributed by atoms with Crippen molar-refractivity contribution in [3.05, 3.63) is 29.8 Å². The highest BCUT2D eigenvalue weighted by atomic mass is 16.2. The second-order valence-electron chi connectivity index (χ2n) is 5.37. The first-order valence-electron chi connectivity index (χ1n) is 7.42. The van der Waals surface area contributed by atoms with Gasteiger partial charge in [0, 0.05) is 25.3 Å². The number of hydrogen-bond acceptors (Lipinski definition) is 5. The Bertz CT molecular complexity index is 629. The zero-order valence-corrected chi connectivity index (χ0v) is 13.0.